The first-order chi connectivity index (χ1) is 14.6. The quantitative estimate of drug-likeness (QED) is 0.422. The molecule has 1 aromatic heterocycles. The third-order valence-electron chi connectivity index (χ3n) is 4.68. The molecular formula is C25H19N3OS. The van der Waals surface area contributed by atoms with Gasteiger partial charge < -0.3 is 5.32 Å². The van der Waals surface area contributed by atoms with Crippen LogP contribution in [0.25, 0.3) is 22.0 Å². The molecule has 0 unspecified atom stereocenters. The summed E-state index contributed by atoms with van der Waals surface area (Å²) in [6.07, 6.45) is 0. The molecule has 0 saturated carbocycles. The molecule has 5 heteroatoms. The van der Waals surface area contributed by atoms with Crippen molar-refractivity contribution in [3.63, 3.8) is 0 Å². The Balaban J connectivity index is 1.51. The molecule has 1 heterocycles. The Hall–Kier alpha value is -3.62. The van der Waals surface area contributed by atoms with Gasteiger partial charge in [0, 0.05) is 16.6 Å². The van der Waals surface area contributed by atoms with Crippen LogP contribution in [-0.4, -0.2) is 16.6 Å². The van der Waals surface area contributed by atoms with E-state index in [0.29, 0.717) is 10.6 Å². The van der Waals surface area contributed by atoms with Gasteiger partial charge in [0.15, 0.2) is 0 Å². The summed E-state index contributed by atoms with van der Waals surface area (Å²) in [6, 6.07) is 27.6. The Morgan fingerprint density at radius 1 is 1.03 bits per heavy atom. The number of aromatic nitrogens is 1. The second-order valence-corrected chi connectivity index (χ2v) is 7.86. The Kier molecular flexibility index (Phi) is 5.78. The lowest BCUT2D eigenvalue weighted by molar-refractivity contribution is -0.113. The molecule has 146 valence electrons. The number of nitriles is 1. The van der Waals surface area contributed by atoms with Crippen LogP contribution >= 0.6 is 11.8 Å². The van der Waals surface area contributed by atoms with Crippen LogP contribution in [0, 0.1) is 18.3 Å². The van der Waals surface area contributed by atoms with Crippen LogP contribution in [-0.2, 0) is 4.79 Å². The SMILES string of the molecule is Cc1ccc2nc(SCC(=O)Nc3ccccc3-c3ccccc3)c(C#N)cc2c1. The van der Waals surface area contributed by atoms with Crippen molar-refractivity contribution in [2.75, 3.05) is 11.1 Å². The minimum atomic E-state index is -0.141. The van der Waals surface area contributed by atoms with Crippen molar-refractivity contribution in [3.8, 4) is 17.2 Å². The fourth-order valence-corrected chi connectivity index (χ4v) is 4.01. The molecule has 1 amide bonds. The maximum absolute atomic E-state index is 12.6. The summed E-state index contributed by atoms with van der Waals surface area (Å²) >= 11 is 1.27. The fourth-order valence-electron chi connectivity index (χ4n) is 3.25. The topological polar surface area (TPSA) is 65.8 Å². The maximum atomic E-state index is 12.6. The van der Waals surface area contributed by atoms with Gasteiger partial charge in [-0.25, -0.2) is 4.98 Å². The maximum Gasteiger partial charge on any atom is 0.234 e. The molecule has 0 atom stereocenters. The molecule has 0 spiro atoms. The lowest BCUT2D eigenvalue weighted by Gasteiger charge is -2.11. The van der Waals surface area contributed by atoms with Crippen molar-refractivity contribution >= 4 is 34.3 Å². The van der Waals surface area contributed by atoms with E-state index in [2.05, 4.69) is 16.4 Å². The number of nitrogens with one attached hydrogen (secondary N) is 1. The van der Waals surface area contributed by atoms with Gasteiger partial charge in [-0.2, -0.15) is 5.26 Å². The molecule has 4 rings (SSSR count). The third-order valence-corrected chi connectivity index (χ3v) is 5.67. The molecule has 4 nitrogen and oxygen atoms in total. The molecule has 1 N–H and O–H groups in total. The van der Waals surface area contributed by atoms with E-state index in [1.165, 1.54) is 11.8 Å². The van der Waals surface area contributed by atoms with Crippen LogP contribution in [0.4, 0.5) is 5.69 Å². The molecule has 0 aliphatic carbocycles. The number of anilines is 1. The molecule has 0 aliphatic rings. The van der Waals surface area contributed by atoms with E-state index in [0.717, 1.165) is 33.3 Å². The molecule has 0 radical (unpaired) electrons. The smallest absolute Gasteiger partial charge is 0.234 e. The van der Waals surface area contributed by atoms with Crippen LogP contribution in [0.5, 0.6) is 0 Å². The summed E-state index contributed by atoms with van der Waals surface area (Å²) in [4.78, 5) is 17.2. The Labute approximate surface area is 179 Å². The van der Waals surface area contributed by atoms with Gasteiger partial charge in [-0.1, -0.05) is 71.9 Å². The zero-order valence-corrected chi connectivity index (χ0v) is 17.2. The van der Waals surface area contributed by atoms with Crippen LogP contribution in [0.3, 0.4) is 0 Å². The molecule has 30 heavy (non-hydrogen) atoms. The highest BCUT2D eigenvalue weighted by Crippen LogP contribution is 2.29. The molecule has 0 saturated heterocycles. The normalized spacial score (nSPS) is 10.5. The molecule has 4 aromatic rings. The zero-order valence-electron chi connectivity index (χ0n) is 16.4. The summed E-state index contributed by atoms with van der Waals surface area (Å²) in [5, 5.41) is 14.0. The van der Waals surface area contributed by atoms with E-state index in [9.17, 15) is 10.1 Å². The largest absolute Gasteiger partial charge is 0.325 e. The Morgan fingerprint density at radius 3 is 2.60 bits per heavy atom. The summed E-state index contributed by atoms with van der Waals surface area (Å²) in [5.41, 5.74) is 5.18. The number of thioether (sulfide) groups is 1. The number of benzene rings is 3. The minimum absolute atomic E-state index is 0.141. The number of rotatable bonds is 5. The highest BCUT2D eigenvalue weighted by Gasteiger charge is 2.12. The van der Waals surface area contributed by atoms with Crippen molar-refractivity contribution in [2.24, 2.45) is 0 Å². The zero-order chi connectivity index (χ0) is 20.9. The average molecular weight is 410 g/mol. The first kappa shape index (κ1) is 19.7. The number of para-hydroxylation sites is 1. The van der Waals surface area contributed by atoms with E-state index in [4.69, 9.17) is 0 Å². The van der Waals surface area contributed by atoms with Gasteiger partial charge in [0.1, 0.15) is 11.1 Å². The van der Waals surface area contributed by atoms with E-state index in [1.807, 2.05) is 85.8 Å². The van der Waals surface area contributed by atoms with Gasteiger partial charge >= 0.3 is 0 Å². The number of carbonyl (C=O) groups excluding carboxylic acids is 1. The lowest BCUT2D eigenvalue weighted by Crippen LogP contribution is -2.15. The van der Waals surface area contributed by atoms with Crippen molar-refractivity contribution in [3.05, 3.63) is 90.0 Å². The predicted molar refractivity (Wildman–Crippen MR) is 122 cm³/mol. The second-order valence-electron chi connectivity index (χ2n) is 6.90. The number of nitrogens with zero attached hydrogens (tertiary/aromatic N) is 2. The number of pyridine rings is 1. The summed E-state index contributed by atoms with van der Waals surface area (Å²) in [5.74, 6) is 0.0281. The van der Waals surface area contributed by atoms with Crippen molar-refractivity contribution < 1.29 is 4.79 Å². The van der Waals surface area contributed by atoms with Crippen molar-refractivity contribution in [1.82, 2.24) is 4.98 Å². The predicted octanol–water partition coefficient (Wildman–Crippen LogP) is 5.81. The van der Waals surface area contributed by atoms with Gasteiger partial charge in [0.25, 0.3) is 0 Å². The molecule has 0 aliphatic heterocycles. The second kappa shape index (κ2) is 8.81. The highest BCUT2D eigenvalue weighted by molar-refractivity contribution is 8.00. The average Bonchev–Trinajstić information content (AvgIpc) is 2.78. The van der Waals surface area contributed by atoms with Gasteiger partial charge in [-0.05, 0) is 36.8 Å². The summed E-state index contributed by atoms with van der Waals surface area (Å²) < 4.78 is 0. The van der Waals surface area contributed by atoms with Crippen molar-refractivity contribution in [2.45, 2.75) is 11.9 Å². The van der Waals surface area contributed by atoms with Crippen molar-refractivity contribution in [1.29, 1.82) is 5.26 Å². The minimum Gasteiger partial charge on any atom is -0.325 e. The third kappa shape index (κ3) is 4.35. The number of aryl methyl sites for hydroxylation is 1. The summed E-state index contributed by atoms with van der Waals surface area (Å²) in [6.45, 7) is 2.01. The monoisotopic (exact) mass is 409 g/mol. The first-order valence-electron chi connectivity index (χ1n) is 9.52. The Morgan fingerprint density at radius 2 is 1.80 bits per heavy atom. The van der Waals surface area contributed by atoms with E-state index >= 15 is 0 Å². The van der Waals surface area contributed by atoms with Gasteiger partial charge in [0.2, 0.25) is 5.91 Å². The molecule has 3 aromatic carbocycles. The standard InChI is InChI=1S/C25H19N3OS/c1-17-11-12-22-19(13-17)14-20(15-26)25(28-22)30-16-24(29)27-23-10-6-5-9-21(23)18-7-3-2-4-8-18/h2-14H,16H2,1H3,(H,27,29). The molecular weight excluding hydrogens is 390 g/mol. The van der Waals surface area contributed by atoms with Gasteiger partial charge in [-0.3, -0.25) is 4.79 Å². The molecule has 0 fully saturated rings. The molecule has 0 bridgehead atoms. The van der Waals surface area contributed by atoms with Gasteiger partial charge in [-0.15, -0.1) is 0 Å². The van der Waals surface area contributed by atoms with Gasteiger partial charge in [0.05, 0.1) is 16.8 Å². The van der Waals surface area contributed by atoms with Crippen LogP contribution < -0.4 is 5.32 Å². The summed E-state index contributed by atoms with van der Waals surface area (Å²) in [7, 11) is 0. The van der Waals surface area contributed by atoms with E-state index < -0.39 is 0 Å². The number of amides is 1. The number of fused-ring (bicyclic) bond motifs is 1. The number of carbonyl (C=O) groups is 1. The van der Waals surface area contributed by atoms with Crippen LogP contribution in [0.15, 0.2) is 83.9 Å². The lowest BCUT2D eigenvalue weighted by atomic mass is 10.0. The van der Waals surface area contributed by atoms with E-state index in [1.54, 1.807) is 0 Å². The number of hydrogen-bond donors (Lipinski definition) is 1. The van der Waals surface area contributed by atoms with Crippen LogP contribution in [0.1, 0.15) is 11.1 Å². The van der Waals surface area contributed by atoms with Crippen LogP contribution in [0.2, 0.25) is 0 Å². The number of hydrogen-bond acceptors (Lipinski definition) is 4. The Bertz CT molecular complexity index is 1260. The fraction of sp³-hybridized carbons (Fsp3) is 0.0800. The first-order valence-corrected chi connectivity index (χ1v) is 10.5. The van der Waals surface area contributed by atoms with E-state index in [-0.39, 0.29) is 11.7 Å². The highest BCUT2D eigenvalue weighted by atomic mass is 32.2.